The Morgan fingerprint density at radius 3 is 2.47 bits per heavy atom. The molecule has 1 aromatic rings. The molecule has 1 atom stereocenters. The van der Waals surface area contributed by atoms with E-state index in [1.807, 2.05) is 6.08 Å². The lowest BCUT2D eigenvalue weighted by Crippen LogP contribution is -1.93. The maximum Gasteiger partial charge on any atom is 0.0814 e. The lowest BCUT2D eigenvalue weighted by atomic mass is 10.2. The van der Waals surface area contributed by atoms with Crippen LogP contribution in [-0.4, -0.2) is 22.8 Å². The van der Waals surface area contributed by atoms with Crippen molar-refractivity contribution in [3.63, 3.8) is 0 Å². The second-order valence-electron chi connectivity index (χ2n) is 2.88. The highest BCUT2D eigenvalue weighted by Crippen LogP contribution is 1.99. The summed E-state index contributed by atoms with van der Waals surface area (Å²) in [5, 5.41) is 0. The molecule has 0 aliphatic heterocycles. The third kappa shape index (κ3) is 11.2. The summed E-state index contributed by atoms with van der Waals surface area (Å²) in [6, 6.07) is 13.3. The van der Waals surface area contributed by atoms with E-state index >= 15 is 0 Å². The monoisotopic (exact) mass is 243 g/mol. The van der Waals surface area contributed by atoms with Gasteiger partial charge in [-0.25, -0.2) is 4.21 Å². The van der Waals surface area contributed by atoms with Crippen LogP contribution in [0.15, 0.2) is 43.0 Å². The SMILES string of the molecule is C=CC[SiH2]Cc1ccccc1.O=S([O-])O. The molecule has 0 radical (unpaired) electrons. The van der Waals surface area contributed by atoms with Gasteiger partial charge >= 0.3 is 0 Å². The molecule has 1 rings (SSSR count). The van der Waals surface area contributed by atoms with Crippen LogP contribution < -0.4 is 0 Å². The molecule has 0 fully saturated rings. The summed E-state index contributed by atoms with van der Waals surface area (Å²) in [7, 11) is 0.0950. The molecule has 1 unspecified atom stereocenters. The standard InChI is InChI=1S/C10H14Si.H2O3S/c1-2-8-11-9-10-6-4-3-5-7-10;1-4(2)3/h2-7H,1,8-9,11H2;(H2,1,2,3)/p-1. The van der Waals surface area contributed by atoms with Gasteiger partial charge in [0, 0.05) is 9.52 Å². The molecule has 0 bridgehead atoms. The second-order valence-corrected chi connectivity index (χ2v) is 5.10. The van der Waals surface area contributed by atoms with Crippen molar-refractivity contribution in [3.8, 4) is 0 Å². The van der Waals surface area contributed by atoms with Crippen LogP contribution in [0.2, 0.25) is 6.04 Å². The van der Waals surface area contributed by atoms with Crippen LogP contribution in [-0.2, 0) is 17.4 Å². The lowest BCUT2D eigenvalue weighted by molar-refractivity contribution is 0.436. The first-order chi connectivity index (χ1) is 7.16. The highest BCUT2D eigenvalue weighted by atomic mass is 32.2. The summed E-state index contributed by atoms with van der Waals surface area (Å²) in [4.78, 5) is 0. The van der Waals surface area contributed by atoms with Crippen molar-refractivity contribution in [1.29, 1.82) is 0 Å². The molecule has 0 aliphatic carbocycles. The van der Waals surface area contributed by atoms with E-state index < -0.39 is 11.4 Å². The Hall–Kier alpha value is -0.753. The summed E-state index contributed by atoms with van der Waals surface area (Å²) in [5.41, 5.74) is 1.49. The zero-order chi connectivity index (χ0) is 11.5. The largest absolute Gasteiger partial charge is 0.750 e. The van der Waals surface area contributed by atoms with Crippen molar-refractivity contribution in [1.82, 2.24) is 0 Å². The quantitative estimate of drug-likeness (QED) is 0.375. The minimum Gasteiger partial charge on any atom is -0.750 e. The minimum absolute atomic E-state index is 0.0950. The van der Waals surface area contributed by atoms with E-state index in [2.05, 4.69) is 36.9 Å². The molecular formula is C10H15O3SSi-. The fourth-order valence-electron chi connectivity index (χ4n) is 1.10. The van der Waals surface area contributed by atoms with Gasteiger partial charge in [0.15, 0.2) is 0 Å². The first kappa shape index (κ1) is 14.2. The number of hydrogen-bond donors (Lipinski definition) is 1. The van der Waals surface area contributed by atoms with Gasteiger partial charge in [-0.15, -0.1) is 6.58 Å². The summed E-state index contributed by atoms with van der Waals surface area (Å²) in [6.07, 6.45) is 2.04. The maximum atomic E-state index is 8.56. The Morgan fingerprint density at radius 1 is 1.47 bits per heavy atom. The fraction of sp³-hybridized carbons (Fsp3) is 0.200. The van der Waals surface area contributed by atoms with Crippen LogP contribution in [0, 0.1) is 0 Å². The smallest absolute Gasteiger partial charge is 0.0814 e. The molecule has 0 aliphatic rings. The first-order valence-corrected chi connectivity index (χ1v) is 7.63. The molecule has 0 aromatic heterocycles. The third-order valence-electron chi connectivity index (χ3n) is 1.72. The lowest BCUT2D eigenvalue weighted by Gasteiger charge is -1.96. The van der Waals surface area contributed by atoms with E-state index in [9.17, 15) is 0 Å². The van der Waals surface area contributed by atoms with Crippen molar-refractivity contribution >= 4 is 20.9 Å². The van der Waals surface area contributed by atoms with Gasteiger partial charge in [-0.1, -0.05) is 42.0 Å². The van der Waals surface area contributed by atoms with Gasteiger partial charge in [-0.05, 0) is 12.1 Å². The average molecular weight is 243 g/mol. The minimum atomic E-state index is -2.86. The van der Waals surface area contributed by atoms with Gasteiger partial charge in [-0.3, -0.25) is 0 Å². The zero-order valence-corrected chi connectivity index (χ0v) is 10.7. The summed E-state index contributed by atoms with van der Waals surface area (Å²) in [6.45, 7) is 3.73. The Morgan fingerprint density at radius 2 is 2.00 bits per heavy atom. The topological polar surface area (TPSA) is 60.4 Å². The number of hydrogen-bond acceptors (Lipinski definition) is 2. The average Bonchev–Trinajstić information content (AvgIpc) is 2.19. The number of allylic oxidation sites excluding steroid dienone is 1. The highest BCUT2D eigenvalue weighted by Gasteiger charge is 1.89. The van der Waals surface area contributed by atoms with Crippen LogP contribution in [0.25, 0.3) is 0 Å². The van der Waals surface area contributed by atoms with Crippen LogP contribution in [0.3, 0.4) is 0 Å². The predicted molar refractivity (Wildman–Crippen MR) is 65.2 cm³/mol. The van der Waals surface area contributed by atoms with Gasteiger partial charge in [0.2, 0.25) is 0 Å². The Balaban J connectivity index is 0.000000423. The first-order valence-electron chi connectivity index (χ1n) is 4.60. The van der Waals surface area contributed by atoms with Gasteiger partial charge in [0.1, 0.15) is 0 Å². The molecule has 1 N–H and O–H groups in total. The van der Waals surface area contributed by atoms with Crippen molar-refractivity contribution < 1.29 is 13.3 Å². The van der Waals surface area contributed by atoms with E-state index in [0.29, 0.717) is 0 Å². The van der Waals surface area contributed by atoms with E-state index in [4.69, 9.17) is 13.3 Å². The van der Waals surface area contributed by atoms with Gasteiger partial charge < -0.3 is 9.11 Å². The molecule has 5 heteroatoms. The van der Waals surface area contributed by atoms with Gasteiger partial charge in [0.25, 0.3) is 0 Å². The van der Waals surface area contributed by atoms with Crippen LogP contribution in [0.5, 0.6) is 0 Å². The normalized spacial score (nSPS) is 11.9. The number of benzene rings is 1. The van der Waals surface area contributed by atoms with Gasteiger partial charge in [-0.2, -0.15) is 0 Å². The van der Waals surface area contributed by atoms with E-state index in [0.717, 1.165) is 0 Å². The molecule has 0 amide bonds. The van der Waals surface area contributed by atoms with E-state index in [-0.39, 0.29) is 9.52 Å². The molecule has 0 saturated carbocycles. The molecule has 1 aromatic carbocycles. The molecule has 0 heterocycles. The predicted octanol–water partition coefficient (Wildman–Crippen LogP) is 1.30. The van der Waals surface area contributed by atoms with Crippen LogP contribution in [0.4, 0.5) is 0 Å². The highest BCUT2D eigenvalue weighted by molar-refractivity contribution is 7.73. The molecule has 84 valence electrons. The second kappa shape index (κ2) is 9.79. The third-order valence-corrected chi connectivity index (χ3v) is 3.46. The van der Waals surface area contributed by atoms with Gasteiger partial charge in [0.05, 0.1) is 11.4 Å². The zero-order valence-electron chi connectivity index (χ0n) is 8.46. The molecular weight excluding hydrogens is 228 g/mol. The molecule has 3 nitrogen and oxygen atoms in total. The molecule has 15 heavy (non-hydrogen) atoms. The maximum absolute atomic E-state index is 8.56. The van der Waals surface area contributed by atoms with Crippen LogP contribution >= 0.6 is 0 Å². The Bertz CT molecular complexity index is 286. The molecule has 0 spiro atoms. The van der Waals surface area contributed by atoms with E-state index in [1.165, 1.54) is 17.7 Å². The van der Waals surface area contributed by atoms with Crippen molar-refractivity contribution in [2.75, 3.05) is 0 Å². The molecule has 0 saturated heterocycles. The Labute approximate surface area is 95.2 Å². The summed E-state index contributed by atoms with van der Waals surface area (Å²) >= 11 is -2.86. The summed E-state index contributed by atoms with van der Waals surface area (Å²) in [5.74, 6) is 0. The van der Waals surface area contributed by atoms with E-state index in [1.54, 1.807) is 0 Å². The van der Waals surface area contributed by atoms with Crippen LogP contribution in [0.1, 0.15) is 5.56 Å². The van der Waals surface area contributed by atoms with Crippen molar-refractivity contribution in [3.05, 3.63) is 48.6 Å². The van der Waals surface area contributed by atoms with Crippen molar-refractivity contribution in [2.24, 2.45) is 0 Å². The Kier molecular flexibility index (Phi) is 9.30. The summed E-state index contributed by atoms with van der Waals surface area (Å²) < 4.78 is 24.1. The number of rotatable bonds is 4. The fourth-order valence-corrected chi connectivity index (χ4v) is 2.33. The van der Waals surface area contributed by atoms with Crippen molar-refractivity contribution in [2.45, 2.75) is 12.1 Å².